The van der Waals surface area contributed by atoms with Crippen molar-refractivity contribution in [3.8, 4) is 17.7 Å². The van der Waals surface area contributed by atoms with Gasteiger partial charge in [-0.25, -0.2) is 4.98 Å². The van der Waals surface area contributed by atoms with E-state index in [9.17, 15) is 14.7 Å². The quantitative estimate of drug-likeness (QED) is 0.476. The summed E-state index contributed by atoms with van der Waals surface area (Å²) in [6.45, 7) is 4.28. The number of rotatable bonds is 7. The second-order valence-corrected chi connectivity index (χ2v) is 9.98. The van der Waals surface area contributed by atoms with Crippen LogP contribution in [0.2, 0.25) is 0 Å². The molecule has 3 atom stereocenters. The molecule has 1 aliphatic rings. The lowest BCUT2D eigenvalue weighted by molar-refractivity contribution is -0.130. The minimum absolute atomic E-state index is 0.0604. The number of likely N-dealkylation sites (N-methyl/N-ethyl adjacent to an activating group) is 1. The van der Waals surface area contributed by atoms with Crippen LogP contribution in [-0.4, -0.2) is 75.6 Å². The summed E-state index contributed by atoms with van der Waals surface area (Å²) in [5.41, 5.74) is 2.84. The highest BCUT2D eigenvalue weighted by molar-refractivity contribution is 5.97. The maximum atomic E-state index is 13.6. The standard InChI is InChI=1S/C31H34N4O4/c1-22-19-35(23(2)21-36)31(38)27-15-25(12-7-11-24-9-5-4-6-10-24)18-33-30(27)39-28(22)20-34(3)29(37)16-26-13-8-14-32-17-26/h4-6,8-10,13-15,17-18,22-23,28,36H,11,16,19-21H2,1-3H3/t22-,23+,28-/m0/s1. The van der Waals surface area contributed by atoms with Crippen molar-refractivity contribution in [3.63, 3.8) is 0 Å². The van der Waals surface area contributed by atoms with Gasteiger partial charge in [0.05, 0.1) is 25.6 Å². The number of hydrogen-bond acceptors (Lipinski definition) is 6. The van der Waals surface area contributed by atoms with Crippen molar-refractivity contribution in [1.82, 2.24) is 19.8 Å². The molecule has 0 saturated carbocycles. The number of ether oxygens (including phenoxy) is 1. The molecule has 1 aromatic carbocycles. The van der Waals surface area contributed by atoms with E-state index in [1.54, 1.807) is 47.6 Å². The first-order valence-electron chi connectivity index (χ1n) is 13.1. The third kappa shape index (κ3) is 7.21. The van der Waals surface area contributed by atoms with Crippen molar-refractivity contribution < 1.29 is 19.4 Å². The second kappa shape index (κ2) is 13.0. The van der Waals surface area contributed by atoms with Crippen molar-refractivity contribution in [1.29, 1.82) is 0 Å². The summed E-state index contributed by atoms with van der Waals surface area (Å²) in [4.78, 5) is 38.4. The molecule has 2 aromatic heterocycles. The molecule has 3 heterocycles. The number of aliphatic hydroxyl groups excluding tert-OH is 1. The van der Waals surface area contributed by atoms with Crippen LogP contribution in [-0.2, 0) is 17.6 Å². The average molecular weight is 527 g/mol. The molecule has 8 heteroatoms. The van der Waals surface area contributed by atoms with Crippen LogP contribution < -0.4 is 4.74 Å². The van der Waals surface area contributed by atoms with Crippen LogP contribution in [0.1, 0.15) is 40.9 Å². The van der Waals surface area contributed by atoms with Crippen molar-refractivity contribution in [2.75, 3.05) is 26.7 Å². The minimum Gasteiger partial charge on any atom is -0.472 e. The van der Waals surface area contributed by atoms with Crippen LogP contribution >= 0.6 is 0 Å². The summed E-state index contributed by atoms with van der Waals surface area (Å²) in [6, 6.07) is 14.9. The predicted octanol–water partition coefficient (Wildman–Crippen LogP) is 2.99. The SMILES string of the molecule is C[C@H](CO)N1C[C@H](C)[C@H](CN(C)C(=O)Cc2cccnc2)Oc2ncc(C#CCc3ccccc3)cc2C1=O. The van der Waals surface area contributed by atoms with Gasteiger partial charge in [0, 0.05) is 50.1 Å². The Morgan fingerprint density at radius 3 is 2.69 bits per heavy atom. The summed E-state index contributed by atoms with van der Waals surface area (Å²) >= 11 is 0. The molecule has 8 nitrogen and oxygen atoms in total. The highest BCUT2D eigenvalue weighted by Gasteiger charge is 2.34. The number of carbonyl (C=O) groups excluding carboxylic acids is 2. The van der Waals surface area contributed by atoms with Crippen LogP contribution in [0.25, 0.3) is 0 Å². The zero-order valence-corrected chi connectivity index (χ0v) is 22.6. The van der Waals surface area contributed by atoms with Gasteiger partial charge in [-0.1, -0.05) is 55.2 Å². The minimum atomic E-state index is -0.421. The van der Waals surface area contributed by atoms with Crippen molar-refractivity contribution >= 4 is 11.8 Å². The molecule has 0 bridgehead atoms. The first-order valence-corrected chi connectivity index (χ1v) is 13.1. The lowest BCUT2D eigenvalue weighted by atomic mass is 9.99. The Balaban J connectivity index is 1.57. The monoisotopic (exact) mass is 526 g/mol. The molecule has 0 unspecified atom stereocenters. The van der Waals surface area contributed by atoms with Crippen molar-refractivity contribution in [3.05, 3.63) is 89.4 Å². The number of nitrogens with zero attached hydrogens (tertiary/aromatic N) is 4. The van der Waals surface area contributed by atoms with Crippen LogP contribution in [0.5, 0.6) is 5.88 Å². The molecule has 1 N–H and O–H groups in total. The zero-order valence-electron chi connectivity index (χ0n) is 22.6. The van der Waals surface area contributed by atoms with E-state index in [0.29, 0.717) is 30.6 Å². The fourth-order valence-corrected chi connectivity index (χ4v) is 4.42. The van der Waals surface area contributed by atoms with E-state index in [4.69, 9.17) is 4.74 Å². The first kappa shape index (κ1) is 27.8. The van der Waals surface area contributed by atoms with E-state index in [2.05, 4.69) is 21.8 Å². The number of pyridine rings is 2. The Morgan fingerprint density at radius 2 is 1.97 bits per heavy atom. The Labute approximate surface area is 229 Å². The van der Waals surface area contributed by atoms with E-state index in [-0.39, 0.29) is 36.6 Å². The molecule has 3 aromatic rings. The molecule has 0 spiro atoms. The van der Waals surface area contributed by atoms with Crippen LogP contribution in [0, 0.1) is 17.8 Å². The van der Waals surface area contributed by atoms with Crippen LogP contribution in [0.4, 0.5) is 0 Å². The van der Waals surface area contributed by atoms with Gasteiger partial charge in [-0.3, -0.25) is 14.6 Å². The molecule has 1 aliphatic heterocycles. The molecule has 0 saturated heterocycles. The highest BCUT2D eigenvalue weighted by Crippen LogP contribution is 2.27. The summed E-state index contributed by atoms with van der Waals surface area (Å²) < 4.78 is 6.31. The fourth-order valence-electron chi connectivity index (χ4n) is 4.42. The van der Waals surface area contributed by atoms with Gasteiger partial charge in [-0.05, 0) is 30.2 Å². The Morgan fingerprint density at radius 1 is 1.21 bits per heavy atom. The summed E-state index contributed by atoms with van der Waals surface area (Å²) in [7, 11) is 1.74. The van der Waals surface area contributed by atoms with Gasteiger partial charge in [0.15, 0.2) is 0 Å². The summed E-state index contributed by atoms with van der Waals surface area (Å²) in [5.74, 6) is 5.99. The van der Waals surface area contributed by atoms with E-state index >= 15 is 0 Å². The van der Waals surface area contributed by atoms with Crippen LogP contribution in [0.3, 0.4) is 0 Å². The number of hydrogen-bond donors (Lipinski definition) is 1. The molecule has 0 aliphatic carbocycles. The molecule has 0 radical (unpaired) electrons. The molecule has 4 rings (SSSR count). The van der Waals surface area contributed by atoms with Gasteiger partial charge in [-0.2, -0.15) is 0 Å². The maximum Gasteiger partial charge on any atom is 0.259 e. The van der Waals surface area contributed by atoms with Gasteiger partial charge >= 0.3 is 0 Å². The lowest BCUT2D eigenvalue weighted by Crippen LogP contribution is -2.50. The Kier molecular flexibility index (Phi) is 9.29. The normalized spacial score (nSPS) is 17.5. The zero-order chi connectivity index (χ0) is 27.8. The number of fused-ring (bicyclic) bond motifs is 1. The smallest absolute Gasteiger partial charge is 0.259 e. The summed E-state index contributed by atoms with van der Waals surface area (Å²) in [6.07, 6.45) is 5.35. The Bertz CT molecular complexity index is 1340. The molecule has 2 amide bonds. The van der Waals surface area contributed by atoms with E-state index in [0.717, 1.165) is 11.1 Å². The third-order valence-electron chi connectivity index (χ3n) is 6.85. The Hall–Kier alpha value is -4.22. The topological polar surface area (TPSA) is 95.9 Å². The maximum absolute atomic E-state index is 13.6. The molecular formula is C31H34N4O4. The predicted molar refractivity (Wildman–Crippen MR) is 148 cm³/mol. The average Bonchev–Trinajstić information content (AvgIpc) is 2.95. The molecule has 202 valence electrons. The number of amides is 2. The molecular weight excluding hydrogens is 492 g/mol. The van der Waals surface area contributed by atoms with Crippen LogP contribution in [0.15, 0.2) is 67.1 Å². The second-order valence-electron chi connectivity index (χ2n) is 9.98. The number of aliphatic hydroxyl groups is 1. The number of carbonyl (C=O) groups is 2. The lowest BCUT2D eigenvalue weighted by Gasteiger charge is -2.37. The fraction of sp³-hybridized carbons (Fsp3) is 0.355. The van der Waals surface area contributed by atoms with Gasteiger partial charge < -0.3 is 19.6 Å². The van der Waals surface area contributed by atoms with Gasteiger partial charge in [0.25, 0.3) is 5.91 Å². The van der Waals surface area contributed by atoms with E-state index in [1.807, 2.05) is 50.2 Å². The summed E-state index contributed by atoms with van der Waals surface area (Å²) in [5, 5.41) is 9.88. The van der Waals surface area contributed by atoms with Gasteiger partial charge in [0.2, 0.25) is 11.8 Å². The van der Waals surface area contributed by atoms with Gasteiger partial charge in [0.1, 0.15) is 11.7 Å². The number of benzene rings is 1. The van der Waals surface area contributed by atoms with E-state index in [1.165, 1.54) is 0 Å². The largest absolute Gasteiger partial charge is 0.472 e. The van der Waals surface area contributed by atoms with E-state index < -0.39 is 12.1 Å². The molecule has 0 fully saturated rings. The third-order valence-corrected chi connectivity index (χ3v) is 6.85. The molecule has 39 heavy (non-hydrogen) atoms. The highest BCUT2D eigenvalue weighted by atomic mass is 16.5. The van der Waals surface area contributed by atoms with Crippen molar-refractivity contribution in [2.24, 2.45) is 5.92 Å². The number of aromatic nitrogens is 2. The van der Waals surface area contributed by atoms with Crippen molar-refractivity contribution in [2.45, 2.75) is 38.8 Å². The van der Waals surface area contributed by atoms with Gasteiger partial charge in [-0.15, -0.1) is 0 Å². The first-order chi connectivity index (χ1) is 18.9.